The van der Waals surface area contributed by atoms with E-state index in [1.807, 2.05) is 18.0 Å². The Morgan fingerprint density at radius 3 is 2.51 bits per heavy atom. The van der Waals surface area contributed by atoms with E-state index in [1.165, 1.54) is 34.4 Å². The Bertz CT molecular complexity index is 1210. The predicted molar refractivity (Wildman–Crippen MR) is 151 cm³/mol. The Balaban J connectivity index is 0.00000160. The largest absolute Gasteiger partial charge is 0.412 e. The minimum Gasteiger partial charge on any atom is -0.412 e. The second kappa shape index (κ2) is 11.3. The molecule has 200 valence electrons. The molecule has 5 heterocycles. The highest BCUT2D eigenvalue weighted by Gasteiger charge is 2.27. The van der Waals surface area contributed by atoms with Crippen LogP contribution < -0.4 is 15.5 Å². The van der Waals surface area contributed by atoms with Crippen molar-refractivity contribution < 1.29 is 11.0 Å². The number of rotatable bonds is 4. The number of nitrogens with two attached hydrogens (primary N) is 1. The fraction of sp³-hybridized carbons (Fsp3) is 0.500. The van der Waals surface area contributed by atoms with E-state index >= 15 is 0 Å². The third-order valence-corrected chi connectivity index (χ3v) is 8.79. The number of nitrogen functional groups attached to an aromatic ring is 1. The molecule has 3 aliphatic heterocycles. The van der Waals surface area contributed by atoms with E-state index in [9.17, 15) is 0 Å². The Morgan fingerprint density at radius 2 is 1.76 bits per heavy atom. The average molecular weight is 527 g/mol. The van der Waals surface area contributed by atoms with Gasteiger partial charge in [0.25, 0.3) is 0 Å². The van der Waals surface area contributed by atoms with Crippen molar-refractivity contribution in [3.63, 3.8) is 0 Å². The van der Waals surface area contributed by atoms with Gasteiger partial charge in [-0.15, -0.1) is 0 Å². The number of piperazine rings is 1. The molecule has 2 saturated heterocycles. The minimum atomic E-state index is 0. The topological polar surface area (TPSA) is 142 Å². The summed E-state index contributed by atoms with van der Waals surface area (Å²) < 4.78 is 2.16. The summed E-state index contributed by atoms with van der Waals surface area (Å²) in [6, 6.07) is 9.87. The van der Waals surface area contributed by atoms with Crippen LogP contribution in [0.4, 0.5) is 17.6 Å². The van der Waals surface area contributed by atoms with Crippen LogP contribution in [0.5, 0.6) is 0 Å². The SMILES string of the molecule is CC1Cc2ccc(-c3cnn(C4CCSC4)c3)cc2CN1c1cc(N2CCN(C)CC2)nc(N)n1.O.O. The van der Waals surface area contributed by atoms with Gasteiger partial charge >= 0.3 is 0 Å². The van der Waals surface area contributed by atoms with E-state index in [-0.39, 0.29) is 11.0 Å². The number of benzene rings is 1. The lowest BCUT2D eigenvalue weighted by atomic mass is 9.92. The average Bonchev–Trinajstić information content (AvgIpc) is 3.56. The molecule has 0 radical (unpaired) electrons. The Morgan fingerprint density at radius 1 is 0.973 bits per heavy atom. The highest BCUT2D eigenvalue weighted by Crippen LogP contribution is 2.33. The van der Waals surface area contributed by atoms with Crippen LogP contribution in [0.1, 0.15) is 30.5 Å². The van der Waals surface area contributed by atoms with Gasteiger partial charge in [0.1, 0.15) is 11.6 Å². The number of thioether (sulfide) groups is 1. The Kier molecular flexibility index (Phi) is 8.27. The summed E-state index contributed by atoms with van der Waals surface area (Å²) in [6.45, 7) is 7.07. The molecule has 2 fully saturated rings. The first-order chi connectivity index (χ1) is 17.0. The van der Waals surface area contributed by atoms with Crippen LogP contribution in [0.15, 0.2) is 36.7 Å². The van der Waals surface area contributed by atoms with Crippen LogP contribution in [-0.2, 0) is 13.0 Å². The van der Waals surface area contributed by atoms with Gasteiger partial charge in [-0.05, 0) is 55.3 Å². The van der Waals surface area contributed by atoms with E-state index in [0.717, 1.165) is 56.5 Å². The van der Waals surface area contributed by atoms with Gasteiger partial charge in [-0.3, -0.25) is 4.68 Å². The number of likely N-dealkylation sites (N-methyl/N-ethyl adjacent to an activating group) is 1. The highest BCUT2D eigenvalue weighted by molar-refractivity contribution is 7.99. The summed E-state index contributed by atoms with van der Waals surface area (Å²) in [5.41, 5.74) is 11.4. The summed E-state index contributed by atoms with van der Waals surface area (Å²) in [7, 11) is 2.16. The maximum atomic E-state index is 6.20. The summed E-state index contributed by atoms with van der Waals surface area (Å²) in [5, 5.41) is 4.68. The van der Waals surface area contributed by atoms with Crippen molar-refractivity contribution in [3.05, 3.63) is 47.8 Å². The van der Waals surface area contributed by atoms with Crippen molar-refractivity contribution >= 4 is 29.3 Å². The molecular formula is C26H38N8O2S. The number of hydrogen-bond donors (Lipinski definition) is 1. The number of fused-ring (bicyclic) bond motifs is 1. The van der Waals surface area contributed by atoms with Crippen LogP contribution >= 0.6 is 11.8 Å². The van der Waals surface area contributed by atoms with Gasteiger partial charge in [-0.2, -0.15) is 26.8 Å². The Hall–Kier alpha value is -2.86. The van der Waals surface area contributed by atoms with Crippen LogP contribution in [0.3, 0.4) is 0 Å². The van der Waals surface area contributed by atoms with Crippen molar-refractivity contribution in [3.8, 4) is 11.1 Å². The third kappa shape index (κ3) is 5.54. The van der Waals surface area contributed by atoms with Crippen molar-refractivity contribution in [1.29, 1.82) is 0 Å². The van der Waals surface area contributed by atoms with Gasteiger partial charge in [0.2, 0.25) is 5.95 Å². The summed E-state index contributed by atoms with van der Waals surface area (Å²) >= 11 is 2.02. The van der Waals surface area contributed by atoms with Gasteiger partial charge in [0.05, 0.1) is 12.2 Å². The maximum absolute atomic E-state index is 6.20. The number of aromatic nitrogens is 4. The zero-order chi connectivity index (χ0) is 23.9. The molecule has 1 aromatic carbocycles. The molecule has 2 unspecified atom stereocenters. The smallest absolute Gasteiger partial charge is 0.223 e. The first kappa shape index (κ1) is 27.2. The third-order valence-electron chi connectivity index (χ3n) is 7.65. The lowest BCUT2D eigenvalue weighted by molar-refractivity contribution is 0.312. The van der Waals surface area contributed by atoms with E-state index in [2.05, 4.69) is 78.9 Å². The van der Waals surface area contributed by atoms with Crippen LogP contribution in [-0.4, -0.2) is 86.4 Å². The number of hydrogen-bond acceptors (Lipinski definition) is 8. The molecule has 2 atom stereocenters. The summed E-state index contributed by atoms with van der Waals surface area (Å²) in [5.74, 6) is 4.60. The van der Waals surface area contributed by atoms with E-state index in [1.54, 1.807) is 0 Å². The van der Waals surface area contributed by atoms with Crippen molar-refractivity contribution in [2.24, 2.45) is 0 Å². The molecule has 6 rings (SSSR count). The minimum absolute atomic E-state index is 0. The first-order valence-electron chi connectivity index (χ1n) is 12.6. The molecule has 0 bridgehead atoms. The number of nitrogens with zero attached hydrogens (tertiary/aromatic N) is 7. The molecule has 37 heavy (non-hydrogen) atoms. The predicted octanol–water partition coefficient (Wildman–Crippen LogP) is 1.65. The normalized spacial score (nSPS) is 21.8. The second-order valence-corrected chi connectivity index (χ2v) is 11.3. The highest BCUT2D eigenvalue weighted by atomic mass is 32.2. The molecule has 3 aromatic rings. The second-order valence-electron chi connectivity index (χ2n) is 10.1. The summed E-state index contributed by atoms with van der Waals surface area (Å²) in [4.78, 5) is 16.3. The summed E-state index contributed by atoms with van der Waals surface area (Å²) in [6.07, 6.45) is 6.43. The monoisotopic (exact) mass is 526 g/mol. The zero-order valence-electron chi connectivity index (χ0n) is 21.6. The molecular weight excluding hydrogens is 488 g/mol. The molecule has 0 aliphatic carbocycles. The number of anilines is 3. The molecule has 2 aromatic heterocycles. The first-order valence-corrected chi connectivity index (χ1v) is 13.8. The molecule has 3 aliphatic rings. The molecule has 6 N–H and O–H groups in total. The quantitative estimate of drug-likeness (QED) is 0.541. The maximum Gasteiger partial charge on any atom is 0.223 e. The molecule has 0 spiro atoms. The van der Waals surface area contributed by atoms with Crippen LogP contribution in [0, 0.1) is 0 Å². The van der Waals surface area contributed by atoms with Gasteiger partial charge in [0.15, 0.2) is 0 Å². The van der Waals surface area contributed by atoms with Crippen molar-refractivity contribution in [2.45, 2.75) is 38.4 Å². The van der Waals surface area contributed by atoms with Gasteiger partial charge in [-0.25, -0.2) is 0 Å². The fourth-order valence-corrected chi connectivity index (χ4v) is 6.63. The van der Waals surface area contributed by atoms with Crippen molar-refractivity contribution in [1.82, 2.24) is 24.6 Å². The van der Waals surface area contributed by atoms with E-state index < -0.39 is 0 Å². The van der Waals surface area contributed by atoms with E-state index in [4.69, 9.17) is 5.73 Å². The van der Waals surface area contributed by atoms with Gasteiger partial charge in [0, 0.05) is 62.3 Å². The van der Waals surface area contributed by atoms with Crippen LogP contribution in [0.25, 0.3) is 11.1 Å². The molecule has 0 amide bonds. The van der Waals surface area contributed by atoms with Gasteiger partial charge < -0.3 is 31.4 Å². The Labute approximate surface area is 222 Å². The van der Waals surface area contributed by atoms with Crippen molar-refractivity contribution in [2.75, 3.05) is 60.3 Å². The zero-order valence-corrected chi connectivity index (χ0v) is 22.4. The molecule has 11 heteroatoms. The van der Waals surface area contributed by atoms with E-state index in [0.29, 0.717) is 18.0 Å². The van der Waals surface area contributed by atoms with Crippen LogP contribution in [0.2, 0.25) is 0 Å². The lowest BCUT2D eigenvalue weighted by Crippen LogP contribution is -2.45. The van der Waals surface area contributed by atoms with Gasteiger partial charge in [-0.1, -0.05) is 12.1 Å². The molecule has 10 nitrogen and oxygen atoms in total. The molecule has 0 saturated carbocycles. The lowest BCUT2D eigenvalue weighted by Gasteiger charge is -2.37. The standard InChI is InChI=1S/C26H34N8S.2H2O/c1-18-11-19-3-4-20(22-14-28-34(16-22)23-5-10-35-17-23)12-21(19)15-33(18)25-13-24(29-26(27)30-25)32-8-6-31(2)7-9-32;;/h3-4,12-14,16,18,23H,5-11,15,17H2,1-2H3,(H2,27,29,30);2*1H2. The fourth-order valence-electron chi connectivity index (χ4n) is 5.43.